The van der Waals surface area contributed by atoms with Gasteiger partial charge in [0.05, 0.1) is 0 Å². The molecule has 6 nitrogen and oxygen atoms in total. The number of hydrogen-bond acceptors (Lipinski definition) is 6. The monoisotopic (exact) mass is 447 g/mol. The van der Waals surface area contributed by atoms with Gasteiger partial charge in [0.2, 0.25) is 6.79 Å². The Bertz CT molecular complexity index is 1110. The zero-order valence-electron chi connectivity index (χ0n) is 18.9. The molecule has 0 spiro atoms. The Balaban J connectivity index is 1.73. The summed E-state index contributed by atoms with van der Waals surface area (Å²) < 4.78 is 16.8. The van der Waals surface area contributed by atoms with Gasteiger partial charge in [0.25, 0.3) is 0 Å². The molecule has 3 aromatic carbocycles. The maximum absolute atomic E-state index is 9.89. The number of fused-ring (bicyclic) bond motifs is 1. The highest BCUT2D eigenvalue weighted by Gasteiger charge is 2.18. The number of aromatic hydroxyl groups is 1. The van der Waals surface area contributed by atoms with Gasteiger partial charge in [-0.25, -0.2) is 0 Å². The molecule has 1 unspecified atom stereocenters. The minimum Gasteiger partial charge on any atom is -0.508 e. The summed E-state index contributed by atoms with van der Waals surface area (Å²) in [5.41, 5.74) is 5.30. The number of benzene rings is 3. The molecule has 3 N–H and O–H groups in total. The lowest BCUT2D eigenvalue weighted by atomic mass is 9.88. The molecule has 6 heteroatoms. The second-order valence-corrected chi connectivity index (χ2v) is 7.87. The predicted molar refractivity (Wildman–Crippen MR) is 129 cm³/mol. The molecule has 3 aromatic rings. The van der Waals surface area contributed by atoms with Crippen molar-refractivity contribution in [2.75, 3.05) is 27.0 Å². The van der Waals surface area contributed by atoms with Gasteiger partial charge in [-0.3, -0.25) is 0 Å². The molecule has 1 atom stereocenters. The lowest BCUT2D eigenvalue weighted by Gasteiger charge is -2.17. The molecule has 1 aliphatic rings. The smallest absolute Gasteiger partial charge is 0.231 e. The Morgan fingerprint density at radius 2 is 1.58 bits per heavy atom. The first kappa shape index (κ1) is 22.7. The maximum atomic E-state index is 9.89. The summed E-state index contributed by atoms with van der Waals surface area (Å²) in [6.45, 7) is 3.06. The van der Waals surface area contributed by atoms with Crippen LogP contribution >= 0.6 is 0 Å². The summed E-state index contributed by atoms with van der Waals surface area (Å²) >= 11 is 0. The van der Waals surface area contributed by atoms with Gasteiger partial charge in [-0.2, -0.15) is 0 Å². The van der Waals surface area contributed by atoms with E-state index in [1.54, 1.807) is 19.2 Å². The Kier molecular flexibility index (Phi) is 7.17. The van der Waals surface area contributed by atoms with Crippen LogP contribution in [0.4, 0.5) is 0 Å². The predicted octanol–water partition coefficient (Wildman–Crippen LogP) is 4.45. The molecule has 0 fully saturated rings. The van der Waals surface area contributed by atoms with Crippen LogP contribution in [-0.4, -0.2) is 43.3 Å². The molecule has 0 aromatic heterocycles. The minimum absolute atomic E-state index is 0.220. The van der Waals surface area contributed by atoms with Gasteiger partial charge in [-0.05, 0) is 77.7 Å². The van der Waals surface area contributed by atoms with Gasteiger partial charge in [-0.1, -0.05) is 37.3 Å². The van der Waals surface area contributed by atoms with Gasteiger partial charge >= 0.3 is 0 Å². The maximum Gasteiger partial charge on any atom is 0.231 e. The van der Waals surface area contributed by atoms with E-state index < -0.39 is 6.10 Å². The van der Waals surface area contributed by atoms with Crippen LogP contribution in [0.25, 0.3) is 11.1 Å². The number of phenolic OH excluding ortho intramolecular Hbond substituents is 1. The van der Waals surface area contributed by atoms with E-state index in [2.05, 4.69) is 12.2 Å². The van der Waals surface area contributed by atoms with Crippen molar-refractivity contribution in [1.82, 2.24) is 5.32 Å². The molecule has 0 radical (unpaired) electrons. The van der Waals surface area contributed by atoms with Crippen LogP contribution < -0.4 is 19.5 Å². The Morgan fingerprint density at radius 3 is 2.24 bits per heavy atom. The third-order valence-corrected chi connectivity index (χ3v) is 5.56. The lowest BCUT2D eigenvalue weighted by Crippen LogP contribution is -2.29. The summed E-state index contributed by atoms with van der Waals surface area (Å²) in [5, 5.41) is 22.6. The molecular formula is C27H29NO5. The first-order valence-corrected chi connectivity index (χ1v) is 11.1. The first-order chi connectivity index (χ1) is 16.1. The highest BCUT2D eigenvalue weighted by Crippen LogP contribution is 2.40. The Morgan fingerprint density at radius 1 is 0.939 bits per heavy atom. The average Bonchev–Trinajstić information content (AvgIpc) is 3.31. The molecule has 1 heterocycles. The third-order valence-electron chi connectivity index (χ3n) is 5.56. The van der Waals surface area contributed by atoms with Gasteiger partial charge < -0.3 is 29.7 Å². The molecule has 1 aliphatic heterocycles. The van der Waals surface area contributed by atoms with E-state index in [0.717, 1.165) is 45.8 Å². The van der Waals surface area contributed by atoms with Crippen LogP contribution in [0.2, 0.25) is 0 Å². The second kappa shape index (κ2) is 10.4. The fourth-order valence-electron chi connectivity index (χ4n) is 3.96. The number of allylic oxidation sites excluding steroid dienone is 1. The number of likely N-dealkylation sites (N-methyl/N-ethyl adjacent to an activating group) is 1. The molecule has 0 aliphatic carbocycles. The Hall–Kier alpha value is -3.48. The molecule has 0 saturated heterocycles. The number of aliphatic hydroxyl groups excluding tert-OH is 1. The van der Waals surface area contributed by atoms with Crippen molar-refractivity contribution >= 4 is 11.1 Å². The van der Waals surface area contributed by atoms with Gasteiger partial charge in [-0.15, -0.1) is 0 Å². The third kappa shape index (κ3) is 5.30. The largest absolute Gasteiger partial charge is 0.508 e. The number of nitrogens with one attached hydrogen (secondary N) is 1. The summed E-state index contributed by atoms with van der Waals surface area (Å²) in [5.74, 6) is 2.41. The van der Waals surface area contributed by atoms with Crippen LogP contribution in [0.1, 0.15) is 30.0 Å². The summed E-state index contributed by atoms with van der Waals surface area (Å²) in [6, 6.07) is 21.1. The lowest BCUT2D eigenvalue weighted by molar-refractivity contribution is 0.108. The fraction of sp³-hybridized carbons (Fsp3) is 0.259. The van der Waals surface area contributed by atoms with Gasteiger partial charge in [0, 0.05) is 6.54 Å². The van der Waals surface area contributed by atoms with E-state index in [9.17, 15) is 10.2 Å². The molecular weight excluding hydrogens is 418 g/mol. The van der Waals surface area contributed by atoms with Crippen LogP contribution in [0.5, 0.6) is 23.0 Å². The average molecular weight is 448 g/mol. The van der Waals surface area contributed by atoms with Crippen molar-refractivity contribution in [2.24, 2.45) is 0 Å². The molecule has 172 valence electrons. The van der Waals surface area contributed by atoms with Crippen molar-refractivity contribution < 1.29 is 24.4 Å². The fourth-order valence-corrected chi connectivity index (χ4v) is 3.96. The SMILES string of the molecule is CCC(=C(c1ccc(O)cc1)c1ccc(OCC(O)CNC)cc1)c1ccc2c(c1)OCO2. The van der Waals surface area contributed by atoms with E-state index in [-0.39, 0.29) is 19.1 Å². The second-order valence-electron chi connectivity index (χ2n) is 7.87. The topological polar surface area (TPSA) is 80.2 Å². The van der Waals surface area contributed by atoms with Crippen molar-refractivity contribution in [2.45, 2.75) is 19.4 Å². The van der Waals surface area contributed by atoms with Crippen molar-refractivity contribution in [3.8, 4) is 23.0 Å². The number of hydrogen-bond donors (Lipinski definition) is 3. The molecule has 0 bridgehead atoms. The summed E-state index contributed by atoms with van der Waals surface area (Å²) in [6.07, 6.45) is 0.226. The highest BCUT2D eigenvalue weighted by atomic mass is 16.7. The zero-order chi connectivity index (χ0) is 23.2. The van der Waals surface area contributed by atoms with Gasteiger partial charge in [0.15, 0.2) is 11.5 Å². The molecule has 0 amide bonds. The van der Waals surface area contributed by atoms with Crippen LogP contribution in [0.3, 0.4) is 0 Å². The van der Waals surface area contributed by atoms with Crippen molar-refractivity contribution in [1.29, 1.82) is 0 Å². The van der Waals surface area contributed by atoms with E-state index in [1.165, 1.54) is 0 Å². The van der Waals surface area contributed by atoms with Crippen LogP contribution in [0, 0.1) is 0 Å². The standard InChI is InChI=1S/C27H29NO5/c1-3-24(20-8-13-25-26(14-20)33-17-32-25)27(18-4-9-21(29)10-5-18)19-6-11-23(12-7-19)31-16-22(30)15-28-2/h4-14,22,28-30H,3,15-17H2,1-2H3. The quantitative estimate of drug-likeness (QED) is 0.421. The normalized spacial score (nSPS) is 14.0. The van der Waals surface area contributed by atoms with E-state index in [4.69, 9.17) is 14.2 Å². The minimum atomic E-state index is -0.570. The number of aliphatic hydroxyl groups is 1. The molecule has 33 heavy (non-hydrogen) atoms. The summed E-state index contributed by atoms with van der Waals surface area (Å²) in [7, 11) is 1.79. The van der Waals surface area contributed by atoms with Crippen molar-refractivity contribution in [3.05, 3.63) is 83.4 Å². The van der Waals surface area contributed by atoms with E-state index >= 15 is 0 Å². The van der Waals surface area contributed by atoms with Crippen LogP contribution in [-0.2, 0) is 0 Å². The Labute approximate surface area is 194 Å². The molecule has 0 saturated carbocycles. The van der Waals surface area contributed by atoms with Gasteiger partial charge in [0.1, 0.15) is 24.2 Å². The van der Waals surface area contributed by atoms with E-state index in [1.807, 2.05) is 54.6 Å². The number of rotatable bonds is 9. The van der Waals surface area contributed by atoms with E-state index in [0.29, 0.717) is 12.3 Å². The number of phenols is 1. The van der Waals surface area contributed by atoms with Crippen LogP contribution in [0.15, 0.2) is 66.7 Å². The highest BCUT2D eigenvalue weighted by molar-refractivity contribution is 5.99. The number of ether oxygens (including phenoxy) is 3. The molecule has 4 rings (SSSR count). The zero-order valence-corrected chi connectivity index (χ0v) is 18.9. The van der Waals surface area contributed by atoms with Crippen molar-refractivity contribution in [3.63, 3.8) is 0 Å². The first-order valence-electron chi connectivity index (χ1n) is 11.1. The summed E-state index contributed by atoms with van der Waals surface area (Å²) in [4.78, 5) is 0.